The smallest absolute Gasteiger partial charge is 0.103 e. The van der Waals surface area contributed by atoms with Crippen molar-refractivity contribution in [3.63, 3.8) is 0 Å². The van der Waals surface area contributed by atoms with E-state index in [0.717, 1.165) is 9.15 Å². The molecule has 1 aliphatic rings. The lowest BCUT2D eigenvalue weighted by molar-refractivity contribution is 0.204. The van der Waals surface area contributed by atoms with Gasteiger partial charge in [-0.25, -0.2) is 0 Å². The monoisotopic (exact) mass is 251 g/mol. The van der Waals surface area contributed by atoms with Crippen molar-refractivity contribution in [2.24, 2.45) is 5.73 Å². The molecule has 0 aliphatic heterocycles. The molecule has 0 spiro atoms. The molecule has 0 aromatic carbocycles. The Kier molecular flexibility index (Phi) is 2.49. The summed E-state index contributed by atoms with van der Waals surface area (Å²) in [5.74, 6) is 0. The third-order valence-electron chi connectivity index (χ3n) is 1.47. The average molecular weight is 251 g/mol. The average Bonchev–Trinajstić information content (AvgIpc) is 1.82. The van der Waals surface area contributed by atoms with E-state index in [1.54, 1.807) is 0 Å². The quantitative estimate of drug-likeness (QED) is 0.630. The molecule has 2 unspecified atom stereocenters. The van der Waals surface area contributed by atoms with Gasteiger partial charge in [0, 0.05) is 3.58 Å². The van der Waals surface area contributed by atoms with Gasteiger partial charge in [-0.05, 0) is 35.6 Å². The Morgan fingerprint density at radius 2 is 2.30 bits per heavy atom. The van der Waals surface area contributed by atoms with E-state index in [9.17, 15) is 5.11 Å². The second-order valence-electron chi connectivity index (χ2n) is 2.46. The van der Waals surface area contributed by atoms with E-state index in [4.69, 9.17) is 5.73 Å². The standard InChI is InChI=1S/C7H10INO/c1-4-2-5(8)7(10)6(9)3-4/h2-3,6-7,10H,9H2,1H3. The van der Waals surface area contributed by atoms with E-state index in [1.165, 1.54) is 0 Å². The summed E-state index contributed by atoms with van der Waals surface area (Å²) in [7, 11) is 0. The minimum Gasteiger partial charge on any atom is -0.386 e. The lowest BCUT2D eigenvalue weighted by Gasteiger charge is -2.19. The number of hydrogen-bond donors (Lipinski definition) is 2. The topological polar surface area (TPSA) is 46.2 Å². The van der Waals surface area contributed by atoms with E-state index in [0.29, 0.717) is 0 Å². The number of aliphatic hydroxyl groups excluding tert-OH is 1. The van der Waals surface area contributed by atoms with E-state index in [1.807, 2.05) is 19.1 Å². The molecule has 56 valence electrons. The summed E-state index contributed by atoms with van der Waals surface area (Å²) in [5.41, 5.74) is 6.71. The highest BCUT2D eigenvalue weighted by Gasteiger charge is 2.18. The van der Waals surface area contributed by atoms with Crippen molar-refractivity contribution >= 4 is 22.6 Å². The fraction of sp³-hybridized carbons (Fsp3) is 0.429. The van der Waals surface area contributed by atoms with Gasteiger partial charge in [-0.15, -0.1) is 0 Å². The van der Waals surface area contributed by atoms with Gasteiger partial charge in [-0.1, -0.05) is 11.6 Å². The summed E-state index contributed by atoms with van der Waals surface area (Å²) in [5, 5.41) is 9.32. The molecule has 1 aliphatic carbocycles. The van der Waals surface area contributed by atoms with E-state index < -0.39 is 6.10 Å². The molecule has 0 radical (unpaired) electrons. The lowest BCUT2D eigenvalue weighted by Crippen LogP contribution is -2.34. The predicted octanol–water partition coefficient (Wildman–Crippen LogP) is 0.953. The molecule has 2 nitrogen and oxygen atoms in total. The first-order chi connectivity index (χ1) is 4.61. The molecule has 0 aromatic heterocycles. The number of allylic oxidation sites excluding steroid dienone is 2. The third-order valence-corrected chi connectivity index (χ3v) is 2.42. The van der Waals surface area contributed by atoms with Gasteiger partial charge in [0.05, 0.1) is 6.04 Å². The Morgan fingerprint density at radius 3 is 2.80 bits per heavy atom. The highest BCUT2D eigenvalue weighted by atomic mass is 127. The number of rotatable bonds is 0. The zero-order chi connectivity index (χ0) is 7.72. The van der Waals surface area contributed by atoms with Crippen LogP contribution in [0.1, 0.15) is 6.92 Å². The summed E-state index contributed by atoms with van der Waals surface area (Å²) >= 11 is 2.10. The molecule has 1 rings (SSSR count). The van der Waals surface area contributed by atoms with Crippen LogP contribution in [0.2, 0.25) is 0 Å². The zero-order valence-electron chi connectivity index (χ0n) is 5.71. The molecule has 0 bridgehead atoms. The highest BCUT2D eigenvalue weighted by Crippen LogP contribution is 2.21. The van der Waals surface area contributed by atoms with Gasteiger partial charge in [0.1, 0.15) is 6.10 Å². The van der Waals surface area contributed by atoms with Crippen molar-refractivity contribution in [1.82, 2.24) is 0 Å². The summed E-state index contributed by atoms with van der Waals surface area (Å²) in [4.78, 5) is 0. The maximum atomic E-state index is 9.32. The van der Waals surface area contributed by atoms with Crippen LogP contribution in [0.25, 0.3) is 0 Å². The summed E-state index contributed by atoms with van der Waals surface area (Å²) < 4.78 is 0.921. The van der Waals surface area contributed by atoms with Crippen molar-refractivity contribution in [2.75, 3.05) is 0 Å². The molecule has 0 saturated carbocycles. The maximum absolute atomic E-state index is 9.32. The molecule has 10 heavy (non-hydrogen) atoms. The first-order valence-corrected chi connectivity index (χ1v) is 4.18. The van der Waals surface area contributed by atoms with Crippen LogP contribution in [0.3, 0.4) is 0 Å². The lowest BCUT2D eigenvalue weighted by atomic mass is 10.0. The maximum Gasteiger partial charge on any atom is 0.103 e. The summed E-state index contributed by atoms with van der Waals surface area (Å²) in [6.45, 7) is 1.98. The normalized spacial score (nSPS) is 33.2. The van der Waals surface area contributed by atoms with Gasteiger partial charge in [-0.3, -0.25) is 0 Å². The van der Waals surface area contributed by atoms with Crippen LogP contribution in [0, 0.1) is 0 Å². The van der Waals surface area contributed by atoms with E-state index >= 15 is 0 Å². The van der Waals surface area contributed by atoms with Crippen LogP contribution in [-0.4, -0.2) is 17.3 Å². The van der Waals surface area contributed by atoms with Crippen molar-refractivity contribution < 1.29 is 5.11 Å². The Bertz CT molecular complexity index is 198. The number of aliphatic hydroxyl groups is 1. The minimum absolute atomic E-state index is 0.225. The highest BCUT2D eigenvalue weighted by molar-refractivity contribution is 14.1. The number of halogens is 1. The van der Waals surface area contributed by atoms with Crippen LogP contribution >= 0.6 is 22.6 Å². The van der Waals surface area contributed by atoms with Gasteiger partial charge in [0.15, 0.2) is 0 Å². The van der Waals surface area contributed by atoms with Crippen LogP contribution in [0.4, 0.5) is 0 Å². The van der Waals surface area contributed by atoms with Crippen LogP contribution in [0.5, 0.6) is 0 Å². The SMILES string of the molecule is CC1=CC(N)C(O)C(I)=C1. The van der Waals surface area contributed by atoms with Gasteiger partial charge in [-0.2, -0.15) is 0 Å². The van der Waals surface area contributed by atoms with Gasteiger partial charge < -0.3 is 10.8 Å². The molecule has 0 aromatic rings. The second kappa shape index (κ2) is 3.02. The summed E-state index contributed by atoms with van der Waals surface area (Å²) in [6.07, 6.45) is 3.31. The van der Waals surface area contributed by atoms with Gasteiger partial charge in [0.2, 0.25) is 0 Å². The molecular weight excluding hydrogens is 241 g/mol. The Balaban J connectivity index is 2.85. The van der Waals surface area contributed by atoms with Gasteiger partial charge >= 0.3 is 0 Å². The summed E-state index contributed by atoms with van der Waals surface area (Å²) in [6, 6.07) is -0.225. The van der Waals surface area contributed by atoms with E-state index in [-0.39, 0.29) is 6.04 Å². The molecule has 0 heterocycles. The molecule has 2 atom stereocenters. The fourth-order valence-electron chi connectivity index (χ4n) is 0.930. The van der Waals surface area contributed by atoms with Crippen molar-refractivity contribution in [3.8, 4) is 0 Å². The van der Waals surface area contributed by atoms with Crippen molar-refractivity contribution in [2.45, 2.75) is 19.1 Å². The molecular formula is C7H10INO. The fourth-order valence-corrected chi connectivity index (χ4v) is 1.84. The number of nitrogens with two attached hydrogens (primary N) is 1. The van der Waals surface area contributed by atoms with Crippen molar-refractivity contribution in [3.05, 3.63) is 21.3 Å². The molecule has 0 amide bonds. The van der Waals surface area contributed by atoms with Gasteiger partial charge in [0.25, 0.3) is 0 Å². The Hall–Kier alpha value is 0.130. The van der Waals surface area contributed by atoms with Crippen LogP contribution in [-0.2, 0) is 0 Å². The molecule has 0 saturated heterocycles. The number of hydrogen-bond acceptors (Lipinski definition) is 2. The molecule has 3 heteroatoms. The Labute approximate surface area is 73.9 Å². The second-order valence-corrected chi connectivity index (χ2v) is 3.71. The zero-order valence-corrected chi connectivity index (χ0v) is 7.87. The third kappa shape index (κ3) is 1.59. The van der Waals surface area contributed by atoms with Crippen LogP contribution in [0.15, 0.2) is 21.3 Å². The molecule has 3 N–H and O–H groups in total. The first-order valence-electron chi connectivity index (χ1n) is 3.10. The predicted molar refractivity (Wildman–Crippen MR) is 49.8 cm³/mol. The van der Waals surface area contributed by atoms with Crippen molar-refractivity contribution in [1.29, 1.82) is 0 Å². The van der Waals surface area contributed by atoms with Crippen LogP contribution < -0.4 is 5.73 Å². The minimum atomic E-state index is -0.496. The first kappa shape index (κ1) is 8.23. The largest absolute Gasteiger partial charge is 0.386 e. The van der Waals surface area contributed by atoms with E-state index in [2.05, 4.69) is 22.6 Å². The molecule has 0 fully saturated rings. The Morgan fingerprint density at radius 1 is 1.70 bits per heavy atom.